The van der Waals surface area contributed by atoms with E-state index < -0.39 is 77.2 Å². The molecule has 2 unspecified atom stereocenters. The van der Waals surface area contributed by atoms with Crippen LogP contribution in [-0.4, -0.2) is 91.2 Å². The number of carbonyl (C=O) groups is 6. The molecule has 0 spiro atoms. The molecule has 410 valence electrons. The van der Waals surface area contributed by atoms with E-state index in [1.165, 1.54) is 135 Å². The number of carboxylic acid groups (broad SMARTS) is 1. The van der Waals surface area contributed by atoms with Crippen LogP contribution in [0.2, 0.25) is 0 Å². The van der Waals surface area contributed by atoms with Gasteiger partial charge in [-0.2, -0.15) is 12.6 Å². The summed E-state index contributed by atoms with van der Waals surface area (Å²) in [5.74, 6) is -8.15. The summed E-state index contributed by atoms with van der Waals surface area (Å²) in [5.41, 5.74) is -7.03. The average Bonchev–Trinajstić information content (AvgIpc) is 3.35. The van der Waals surface area contributed by atoms with Gasteiger partial charge in [-0.05, 0) is 19.3 Å². The number of thiol groups is 1. The fourth-order valence-electron chi connectivity index (χ4n) is 9.42. The Bertz CT molecular complexity index is 1320. The summed E-state index contributed by atoms with van der Waals surface area (Å²) >= 11 is 4.14. The molecule has 12 nitrogen and oxygen atoms in total. The molecule has 0 aromatic rings. The number of Topliss-reactive ketones (excluding diaryl/α,β-unsaturated/α-hetero) is 3. The van der Waals surface area contributed by atoms with Crippen molar-refractivity contribution in [1.29, 1.82) is 0 Å². The van der Waals surface area contributed by atoms with E-state index in [0.29, 0.717) is 19.3 Å². The molecule has 2 amide bonds. The Labute approximate surface area is 432 Å². The van der Waals surface area contributed by atoms with Crippen molar-refractivity contribution < 1.29 is 49.2 Å². The molecule has 70 heavy (non-hydrogen) atoms. The monoisotopic (exact) mass is 1010 g/mol. The van der Waals surface area contributed by atoms with Crippen LogP contribution in [0, 0.1) is 0 Å². The largest absolute Gasteiger partial charge is 0.480 e. The molecule has 0 saturated carbocycles. The van der Waals surface area contributed by atoms with Crippen LogP contribution in [-0.2, 0) is 28.8 Å². The lowest BCUT2D eigenvalue weighted by Gasteiger charge is -2.39. The number of rotatable bonds is 53. The predicted octanol–water partition coefficient (Wildman–Crippen LogP) is 12.6. The number of hydrogen-bond donors (Lipinski definition) is 7. The highest BCUT2D eigenvalue weighted by Crippen LogP contribution is 2.33. The van der Waals surface area contributed by atoms with Crippen LogP contribution in [0.15, 0.2) is 0 Å². The first-order chi connectivity index (χ1) is 33.8. The Balaban J connectivity index is 6.14. The number of unbranched alkanes of at least 4 members (excludes halogenated alkanes) is 36. The summed E-state index contributed by atoms with van der Waals surface area (Å²) in [5, 5.41) is 48.3. The molecule has 0 aromatic carbocycles. The molecule has 0 aliphatic carbocycles. The highest BCUT2D eigenvalue weighted by Gasteiger charge is 2.67. The molecular weight excluding hydrogens is 905 g/mol. The molecule has 0 bridgehead atoms. The molecule has 0 aromatic heterocycles. The van der Waals surface area contributed by atoms with Gasteiger partial charge in [0.2, 0.25) is 17.1 Å². The lowest BCUT2D eigenvalue weighted by atomic mass is 9.70. The second-order valence-corrected chi connectivity index (χ2v) is 20.8. The minimum absolute atomic E-state index is 0.231. The molecule has 0 rings (SSSR count). The fourth-order valence-corrected chi connectivity index (χ4v) is 9.68. The maximum absolute atomic E-state index is 14.4. The van der Waals surface area contributed by atoms with Crippen molar-refractivity contribution in [2.45, 2.75) is 314 Å². The summed E-state index contributed by atoms with van der Waals surface area (Å²) in [7, 11) is 0. The van der Waals surface area contributed by atoms with E-state index in [1.807, 2.05) is 0 Å². The Morgan fingerprint density at radius 3 is 0.857 bits per heavy atom. The number of carbonyl (C=O) groups excluding carboxylic acids is 5. The van der Waals surface area contributed by atoms with Gasteiger partial charge in [0.1, 0.15) is 12.1 Å². The van der Waals surface area contributed by atoms with Crippen LogP contribution in [0.3, 0.4) is 0 Å². The van der Waals surface area contributed by atoms with Gasteiger partial charge in [-0.15, -0.1) is 0 Å². The van der Waals surface area contributed by atoms with Crippen LogP contribution in [0.1, 0.15) is 290 Å². The molecule has 13 heteroatoms. The quantitative estimate of drug-likeness (QED) is 0.0174. The average molecular weight is 1010 g/mol. The smallest absolute Gasteiger partial charge is 0.328 e. The number of aliphatic hydroxyl groups is 3. The van der Waals surface area contributed by atoms with Crippen LogP contribution in [0.5, 0.6) is 0 Å². The van der Waals surface area contributed by atoms with E-state index in [9.17, 15) is 49.2 Å². The van der Waals surface area contributed by atoms with Crippen molar-refractivity contribution in [2.24, 2.45) is 0 Å². The summed E-state index contributed by atoms with van der Waals surface area (Å²) in [6.07, 6.45) is 39.5. The van der Waals surface area contributed by atoms with Crippen LogP contribution >= 0.6 is 12.6 Å². The molecule has 3 atom stereocenters. The zero-order chi connectivity index (χ0) is 52.1. The minimum atomic E-state index is -3.59. The third-order valence-corrected chi connectivity index (χ3v) is 14.6. The zero-order valence-corrected chi connectivity index (χ0v) is 45.8. The van der Waals surface area contributed by atoms with Gasteiger partial charge in [0.25, 0.3) is 5.91 Å². The van der Waals surface area contributed by atoms with Crippen molar-refractivity contribution in [1.82, 2.24) is 10.6 Å². The Morgan fingerprint density at radius 1 is 0.386 bits per heavy atom. The summed E-state index contributed by atoms with van der Waals surface area (Å²) < 4.78 is 0. The van der Waals surface area contributed by atoms with Crippen molar-refractivity contribution in [2.75, 3.05) is 12.4 Å². The van der Waals surface area contributed by atoms with E-state index in [4.69, 9.17) is 0 Å². The van der Waals surface area contributed by atoms with Gasteiger partial charge >= 0.3 is 5.97 Å². The first kappa shape index (κ1) is 67.6. The van der Waals surface area contributed by atoms with E-state index in [-0.39, 0.29) is 32.1 Å². The Kier molecular flexibility index (Phi) is 43.8. The van der Waals surface area contributed by atoms with Crippen molar-refractivity contribution in [3.63, 3.8) is 0 Å². The zero-order valence-electron chi connectivity index (χ0n) is 45.0. The standard InChI is InChI=1S/C57H106N2O10S/c1-4-7-10-13-16-19-22-25-28-31-34-37-40-43-50(61)56(68,51(62)44-41-38-35-32-29-26-23-20-17-14-11-8-5-2)57(69,55(67)59-49(47-70)53(64)58-48(46-60)54(65)66)52(63)45-42-39-36-33-30-27-24-21-18-15-12-9-6-3/h48-49,60,68-70H,4-47H2,1-3H3,(H,58,64)(H,59,67)(H,65,66)/t48?,49?,57-/m0/s1. The molecule has 6 N–H and O–H groups in total. The number of ketones is 3. The van der Waals surface area contributed by atoms with Gasteiger partial charge in [-0.1, -0.05) is 252 Å². The maximum Gasteiger partial charge on any atom is 0.328 e. The van der Waals surface area contributed by atoms with Gasteiger partial charge in [-0.3, -0.25) is 24.0 Å². The van der Waals surface area contributed by atoms with Crippen LogP contribution in [0.4, 0.5) is 0 Å². The third-order valence-electron chi connectivity index (χ3n) is 14.2. The van der Waals surface area contributed by atoms with Crippen molar-refractivity contribution in [3.05, 3.63) is 0 Å². The summed E-state index contributed by atoms with van der Waals surface area (Å²) in [6.45, 7) is 5.68. The highest BCUT2D eigenvalue weighted by molar-refractivity contribution is 7.80. The van der Waals surface area contributed by atoms with E-state index in [2.05, 4.69) is 44.0 Å². The predicted molar refractivity (Wildman–Crippen MR) is 288 cm³/mol. The van der Waals surface area contributed by atoms with Gasteiger partial charge in [0.05, 0.1) is 6.61 Å². The van der Waals surface area contributed by atoms with E-state index in [0.717, 1.165) is 77.0 Å². The molecule has 0 radical (unpaired) electrons. The topological polar surface area (TPSA) is 207 Å². The first-order valence-electron chi connectivity index (χ1n) is 28.9. The maximum atomic E-state index is 14.4. The van der Waals surface area contributed by atoms with Crippen LogP contribution < -0.4 is 10.6 Å². The number of aliphatic carboxylic acids is 1. The molecule has 0 aliphatic rings. The normalized spacial score (nSPS) is 13.4. The molecular formula is C57H106N2O10S. The van der Waals surface area contributed by atoms with Gasteiger partial charge in [-0.25, -0.2) is 4.79 Å². The first-order valence-corrected chi connectivity index (χ1v) is 29.6. The summed E-state index contributed by atoms with van der Waals surface area (Å²) in [6, 6.07) is -3.40. The third kappa shape index (κ3) is 30.0. The molecule has 0 fully saturated rings. The number of amides is 2. The van der Waals surface area contributed by atoms with Gasteiger partial charge in [0, 0.05) is 25.0 Å². The Morgan fingerprint density at radius 2 is 0.629 bits per heavy atom. The second-order valence-electron chi connectivity index (χ2n) is 20.5. The van der Waals surface area contributed by atoms with Crippen molar-refractivity contribution >= 4 is 47.8 Å². The van der Waals surface area contributed by atoms with Crippen LogP contribution in [0.25, 0.3) is 0 Å². The second kappa shape index (κ2) is 45.3. The lowest BCUT2D eigenvalue weighted by molar-refractivity contribution is -0.192. The van der Waals surface area contributed by atoms with Crippen molar-refractivity contribution in [3.8, 4) is 0 Å². The highest BCUT2D eigenvalue weighted by atomic mass is 32.1. The number of hydrogen-bond acceptors (Lipinski definition) is 10. The fraction of sp³-hybridized carbons (Fsp3) is 0.895. The molecule has 0 aliphatic heterocycles. The van der Waals surface area contributed by atoms with E-state index >= 15 is 0 Å². The van der Waals surface area contributed by atoms with Gasteiger partial charge < -0.3 is 31.1 Å². The molecule has 0 saturated heterocycles. The minimum Gasteiger partial charge on any atom is -0.480 e. The lowest BCUT2D eigenvalue weighted by Crippen LogP contribution is -2.74. The van der Waals surface area contributed by atoms with E-state index in [1.54, 1.807) is 0 Å². The SMILES string of the molecule is CCCCCCCCCCCCCCCC(=O)C(O)(C(=O)CCCCCCCCCCCCCCC)[C@](O)(C(=O)CCCCCCCCCCCCCCC)C(=O)NC(CS)C(=O)NC(CO)C(=O)O. The molecule has 0 heterocycles. The summed E-state index contributed by atoms with van der Waals surface area (Å²) in [4.78, 5) is 82.4. The number of nitrogens with one attached hydrogen (secondary N) is 2. The number of aliphatic hydroxyl groups excluding tert-OH is 1. The van der Waals surface area contributed by atoms with Gasteiger partial charge in [0.15, 0.2) is 17.3 Å². The number of carboxylic acids is 1. The Hall–Kier alpha value is -2.35.